The molecule has 0 aliphatic carbocycles. The Labute approximate surface area is 162 Å². The zero-order chi connectivity index (χ0) is 18.5. The van der Waals surface area contributed by atoms with Gasteiger partial charge in [0.25, 0.3) is 0 Å². The number of nitrogens with zero attached hydrogens (tertiary/aromatic N) is 2. The normalized spacial score (nSPS) is 19.0. The summed E-state index contributed by atoms with van der Waals surface area (Å²) in [5, 5.41) is 3.72. The first-order valence-electron chi connectivity index (χ1n) is 7.85. The van der Waals surface area contributed by atoms with Crippen LogP contribution >= 0.6 is 27.7 Å². The molecule has 3 heterocycles. The molecule has 4 rings (SSSR count). The maximum absolute atomic E-state index is 12.8. The van der Waals surface area contributed by atoms with Crippen LogP contribution in [0.2, 0.25) is 0 Å². The number of carbonyl (C=O) groups is 1. The Kier molecular flexibility index (Phi) is 4.49. The van der Waals surface area contributed by atoms with Crippen LogP contribution in [0.3, 0.4) is 0 Å². The second-order valence-corrected chi connectivity index (χ2v) is 9.20. The Morgan fingerprint density at radius 2 is 2.27 bits per heavy atom. The Morgan fingerprint density at radius 1 is 1.46 bits per heavy atom. The highest BCUT2D eigenvalue weighted by atomic mass is 79.9. The van der Waals surface area contributed by atoms with Crippen LogP contribution < -0.4 is 15.2 Å². The molecule has 2 aromatic rings. The summed E-state index contributed by atoms with van der Waals surface area (Å²) in [6.45, 7) is 1.14. The second kappa shape index (κ2) is 6.55. The van der Waals surface area contributed by atoms with E-state index < -0.39 is 22.1 Å². The molecule has 1 amide bonds. The van der Waals surface area contributed by atoms with Crippen molar-refractivity contribution < 1.29 is 17.4 Å². The lowest BCUT2D eigenvalue weighted by Crippen LogP contribution is -2.38. The van der Waals surface area contributed by atoms with E-state index in [-0.39, 0.29) is 15.4 Å². The van der Waals surface area contributed by atoms with E-state index in [0.717, 1.165) is 16.9 Å². The highest BCUT2D eigenvalue weighted by Crippen LogP contribution is 2.35. The predicted molar refractivity (Wildman–Crippen MR) is 98.5 cm³/mol. The topological polar surface area (TPSA) is 116 Å². The van der Waals surface area contributed by atoms with Gasteiger partial charge in [0, 0.05) is 18.8 Å². The summed E-state index contributed by atoms with van der Waals surface area (Å²) in [5.74, 6) is 0.504. The van der Waals surface area contributed by atoms with E-state index in [1.54, 1.807) is 16.7 Å². The number of hydrogen-bond donors (Lipinski definition) is 2. The average molecular weight is 459 g/mol. The molecule has 2 aliphatic rings. The number of primary amides is 1. The van der Waals surface area contributed by atoms with Crippen LogP contribution in [0.5, 0.6) is 5.75 Å². The predicted octanol–water partition coefficient (Wildman–Crippen LogP) is 1.19. The van der Waals surface area contributed by atoms with E-state index in [2.05, 4.69) is 26.2 Å². The molecule has 1 aromatic carbocycles. The average Bonchev–Trinajstić information content (AvgIpc) is 3.13. The number of halogens is 1. The third-order valence-corrected chi connectivity index (χ3v) is 7.36. The van der Waals surface area contributed by atoms with Crippen molar-refractivity contribution in [3.05, 3.63) is 33.9 Å². The Hall–Kier alpha value is -1.56. The molecule has 11 heteroatoms. The van der Waals surface area contributed by atoms with Crippen LogP contribution in [-0.4, -0.2) is 36.2 Å². The van der Waals surface area contributed by atoms with Crippen LogP contribution in [0, 0.1) is 0 Å². The monoisotopic (exact) mass is 458 g/mol. The van der Waals surface area contributed by atoms with Crippen molar-refractivity contribution in [1.29, 1.82) is 0 Å². The summed E-state index contributed by atoms with van der Waals surface area (Å²) in [6.07, 6.45) is 0.652. The van der Waals surface area contributed by atoms with Crippen LogP contribution in [-0.2, 0) is 27.9 Å². The smallest absolute Gasteiger partial charge is 0.357 e. The molecule has 0 fully saturated rings. The van der Waals surface area contributed by atoms with Crippen molar-refractivity contribution in [2.75, 3.05) is 12.3 Å². The molecular formula is C15H15BrN4O4S2. The fraction of sp³-hybridized carbons (Fsp3) is 0.333. The molecular weight excluding hydrogens is 444 g/mol. The first kappa shape index (κ1) is 17.8. The molecule has 1 aromatic heterocycles. The minimum Gasteiger partial charge on any atom is -0.378 e. The third-order valence-electron chi connectivity index (χ3n) is 4.29. The third kappa shape index (κ3) is 3.02. The number of nitrogens with two attached hydrogens (primary N) is 1. The first-order chi connectivity index (χ1) is 12.4. The van der Waals surface area contributed by atoms with Crippen LogP contribution in [0.15, 0.2) is 33.0 Å². The summed E-state index contributed by atoms with van der Waals surface area (Å²) >= 11 is 4.71. The molecule has 0 saturated carbocycles. The summed E-state index contributed by atoms with van der Waals surface area (Å²) in [4.78, 5) is 15.8. The Balaban J connectivity index is 1.67. The van der Waals surface area contributed by atoms with Crippen molar-refractivity contribution in [3.63, 3.8) is 0 Å². The lowest BCUT2D eigenvalue weighted by molar-refractivity contribution is -0.120. The molecule has 138 valence electrons. The van der Waals surface area contributed by atoms with E-state index in [9.17, 15) is 13.2 Å². The van der Waals surface area contributed by atoms with Crippen molar-refractivity contribution in [2.45, 2.75) is 29.2 Å². The van der Waals surface area contributed by atoms with Crippen molar-refractivity contribution in [1.82, 2.24) is 14.9 Å². The van der Waals surface area contributed by atoms with Gasteiger partial charge in [-0.2, -0.15) is 8.42 Å². The molecule has 0 radical (unpaired) electrons. The van der Waals surface area contributed by atoms with Crippen molar-refractivity contribution in [2.24, 2.45) is 5.73 Å². The molecule has 8 nitrogen and oxygen atoms in total. The quantitative estimate of drug-likeness (QED) is 0.660. The number of carbonyl (C=O) groups excluding carboxylic acids is 1. The second-order valence-electron chi connectivity index (χ2n) is 5.93. The molecule has 2 aliphatic heterocycles. The van der Waals surface area contributed by atoms with Gasteiger partial charge in [0.15, 0.2) is 5.16 Å². The van der Waals surface area contributed by atoms with Gasteiger partial charge >= 0.3 is 10.1 Å². The van der Waals surface area contributed by atoms with Crippen molar-refractivity contribution in [3.8, 4) is 5.75 Å². The Bertz CT molecular complexity index is 1010. The SMILES string of the molecule is NC(=O)C1NCCc2cc(OS(=O)(=O)c3c(Br)nc4n3CCS4)ccc21. The number of thioether (sulfide) groups is 1. The van der Waals surface area contributed by atoms with Gasteiger partial charge in [-0.1, -0.05) is 17.8 Å². The van der Waals surface area contributed by atoms with Gasteiger partial charge in [-0.15, -0.1) is 0 Å². The maximum Gasteiger partial charge on any atom is 0.357 e. The molecule has 0 bridgehead atoms. The molecule has 3 N–H and O–H groups in total. The van der Waals surface area contributed by atoms with E-state index in [0.29, 0.717) is 24.7 Å². The van der Waals surface area contributed by atoms with Crippen LogP contribution in [0.25, 0.3) is 0 Å². The fourth-order valence-corrected chi connectivity index (χ4v) is 6.42. The van der Waals surface area contributed by atoms with Gasteiger partial charge in [-0.3, -0.25) is 4.79 Å². The van der Waals surface area contributed by atoms with Gasteiger partial charge in [-0.05, 0) is 45.6 Å². The molecule has 1 atom stereocenters. The van der Waals surface area contributed by atoms with E-state index >= 15 is 0 Å². The summed E-state index contributed by atoms with van der Waals surface area (Å²) < 4.78 is 32.8. The van der Waals surface area contributed by atoms with Gasteiger partial charge in [-0.25, -0.2) is 4.98 Å². The number of imidazole rings is 1. The number of nitrogens with one attached hydrogen (secondary N) is 1. The lowest BCUT2D eigenvalue weighted by atomic mass is 9.94. The number of benzene rings is 1. The van der Waals surface area contributed by atoms with Gasteiger partial charge in [0.05, 0.1) is 0 Å². The minimum atomic E-state index is -4.05. The molecule has 1 unspecified atom stereocenters. The standard InChI is InChI=1S/C15H15BrN4O4S2/c16-12-14(20-5-6-25-15(20)19-12)26(22,23)24-9-1-2-10-8(7-9)3-4-18-11(10)13(17)21/h1-2,7,11,18H,3-6H2,(H2,17,21). The van der Waals surface area contributed by atoms with Gasteiger partial charge in [0.2, 0.25) is 10.9 Å². The number of hydrogen-bond acceptors (Lipinski definition) is 7. The van der Waals surface area contributed by atoms with Crippen molar-refractivity contribution >= 4 is 43.7 Å². The zero-order valence-electron chi connectivity index (χ0n) is 13.4. The first-order valence-corrected chi connectivity index (χ1v) is 11.0. The van der Waals surface area contributed by atoms with E-state index in [1.807, 2.05) is 0 Å². The largest absolute Gasteiger partial charge is 0.378 e. The molecule has 26 heavy (non-hydrogen) atoms. The summed E-state index contributed by atoms with van der Waals surface area (Å²) in [5.41, 5.74) is 7.00. The molecule has 0 spiro atoms. The number of rotatable bonds is 4. The van der Waals surface area contributed by atoms with Gasteiger partial charge < -0.3 is 19.8 Å². The number of amides is 1. The lowest BCUT2D eigenvalue weighted by Gasteiger charge is -2.24. The van der Waals surface area contributed by atoms with Crippen LogP contribution in [0.1, 0.15) is 17.2 Å². The minimum absolute atomic E-state index is 0.0203. The summed E-state index contributed by atoms with van der Waals surface area (Å²) in [7, 11) is -4.05. The van der Waals surface area contributed by atoms with E-state index in [4.69, 9.17) is 9.92 Å². The van der Waals surface area contributed by atoms with E-state index in [1.165, 1.54) is 17.8 Å². The number of fused-ring (bicyclic) bond motifs is 2. The zero-order valence-corrected chi connectivity index (χ0v) is 16.7. The highest BCUT2D eigenvalue weighted by Gasteiger charge is 2.32. The van der Waals surface area contributed by atoms with Gasteiger partial charge in [0.1, 0.15) is 16.4 Å². The Morgan fingerprint density at radius 3 is 3.04 bits per heavy atom. The highest BCUT2D eigenvalue weighted by molar-refractivity contribution is 9.10. The fourth-order valence-electron chi connectivity index (χ4n) is 3.18. The van der Waals surface area contributed by atoms with Crippen LogP contribution in [0.4, 0.5) is 0 Å². The summed E-state index contributed by atoms with van der Waals surface area (Å²) in [6, 6.07) is 4.28. The molecule has 0 saturated heterocycles. The maximum atomic E-state index is 12.8. The number of aromatic nitrogens is 2.